The number of hydrogen-bond acceptors (Lipinski definition) is 2. The Morgan fingerprint density at radius 1 is 1.06 bits per heavy atom. The van der Waals surface area contributed by atoms with Crippen LogP contribution >= 0.6 is 11.6 Å². The zero-order chi connectivity index (χ0) is 12.3. The van der Waals surface area contributed by atoms with Crippen molar-refractivity contribution in [2.24, 2.45) is 0 Å². The molecule has 0 saturated heterocycles. The summed E-state index contributed by atoms with van der Waals surface area (Å²) >= 11 is 6.07. The van der Waals surface area contributed by atoms with E-state index in [2.05, 4.69) is 5.32 Å². The first-order chi connectivity index (χ1) is 8.20. The third-order valence-corrected chi connectivity index (χ3v) is 3.05. The molecule has 2 nitrogen and oxygen atoms in total. The van der Waals surface area contributed by atoms with E-state index in [1.54, 1.807) is 7.11 Å². The van der Waals surface area contributed by atoms with Crippen LogP contribution in [0.3, 0.4) is 0 Å². The fourth-order valence-electron chi connectivity index (χ4n) is 1.57. The summed E-state index contributed by atoms with van der Waals surface area (Å²) in [6, 6.07) is 13.6. The summed E-state index contributed by atoms with van der Waals surface area (Å²) in [4.78, 5) is 0. The summed E-state index contributed by atoms with van der Waals surface area (Å²) < 4.78 is 5.11. The molecule has 0 bridgehead atoms. The van der Waals surface area contributed by atoms with Crippen molar-refractivity contribution >= 4 is 23.0 Å². The van der Waals surface area contributed by atoms with Gasteiger partial charge in [0.25, 0.3) is 0 Å². The van der Waals surface area contributed by atoms with E-state index in [1.807, 2.05) is 49.4 Å². The predicted molar refractivity (Wildman–Crippen MR) is 72.5 cm³/mol. The van der Waals surface area contributed by atoms with Gasteiger partial charge in [-0.15, -0.1) is 0 Å². The van der Waals surface area contributed by atoms with Gasteiger partial charge >= 0.3 is 0 Å². The van der Waals surface area contributed by atoms with E-state index in [1.165, 1.54) is 0 Å². The lowest BCUT2D eigenvalue weighted by Crippen LogP contribution is -1.93. The first-order valence-electron chi connectivity index (χ1n) is 5.37. The van der Waals surface area contributed by atoms with Gasteiger partial charge in [0.2, 0.25) is 0 Å². The fraction of sp³-hybridized carbons (Fsp3) is 0.143. The SMILES string of the molecule is COc1ccc(Nc2cccc(Cl)c2C)cc1. The van der Waals surface area contributed by atoms with Crippen LogP contribution in [0.4, 0.5) is 11.4 Å². The standard InChI is InChI=1S/C14H14ClNO/c1-10-13(15)4-3-5-14(10)16-11-6-8-12(17-2)9-7-11/h3-9,16H,1-2H3. The van der Waals surface area contributed by atoms with Crippen LogP contribution in [0, 0.1) is 6.92 Å². The van der Waals surface area contributed by atoms with Crippen LogP contribution in [0.5, 0.6) is 5.75 Å². The Bertz CT molecular complexity index is 508. The Morgan fingerprint density at radius 2 is 1.76 bits per heavy atom. The molecule has 0 fully saturated rings. The second-order valence-corrected chi connectivity index (χ2v) is 4.17. The number of benzene rings is 2. The van der Waals surface area contributed by atoms with Crippen LogP contribution in [-0.2, 0) is 0 Å². The number of hydrogen-bond donors (Lipinski definition) is 1. The van der Waals surface area contributed by atoms with Gasteiger partial charge in [-0.25, -0.2) is 0 Å². The van der Waals surface area contributed by atoms with Crippen molar-refractivity contribution in [1.82, 2.24) is 0 Å². The van der Waals surface area contributed by atoms with Crippen molar-refractivity contribution in [3.63, 3.8) is 0 Å². The van der Waals surface area contributed by atoms with Crippen molar-refractivity contribution in [2.75, 3.05) is 12.4 Å². The van der Waals surface area contributed by atoms with E-state index in [4.69, 9.17) is 16.3 Å². The van der Waals surface area contributed by atoms with Crippen LogP contribution in [0.1, 0.15) is 5.56 Å². The van der Waals surface area contributed by atoms with Crippen LogP contribution in [-0.4, -0.2) is 7.11 Å². The van der Waals surface area contributed by atoms with E-state index in [9.17, 15) is 0 Å². The smallest absolute Gasteiger partial charge is 0.119 e. The molecular weight excluding hydrogens is 234 g/mol. The number of anilines is 2. The van der Waals surface area contributed by atoms with E-state index in [0.29, 0.717) is 0 Å². The number of halogens is 1. The van der Waals surface area contributed by atoms with Crippen molar-refractivity contribution in [3.05, 3.63) is 53.1 Å². The summed E-state index contributed by atoms with van der Waals surface area (Å²) in [6.07, 6.45) is 0. The second kappa shape index (κ2) is 5.11. The lowest BCUT2D eigenvalue weighted by molar-refractivity contribution is 0.415. The summed E-state index contributed by atoms with van der Waals surface area (Å²) in [5, 5.41) is 4.09. The molecule has 0 aliphatic carbocycles. The third kappa shape index (κ3) is 2.71. The van der Waals surface area contributed by atoms with Gasteiger partial charge in [0, 0.05) is 16.4 Å². The Hall–Kier alpha value is -1.67. The Kier molecular flexibility index (Phi) is 3.55. The van der Waals surface area contributed by atoms with E-state index in [0.717, 1.165) is 27.7 Å². The Labute approximate surface area is 106 Å². The number of rotatable bonds is 3. The van der Waals surface area contributed by atoms with Gasteiger partial charge < -0.3 is 10.1 Å². The van der Waals surface area contributed by atoms with Crippen molar-refractivity contribution in [3.8, 4) is 5.75 Å². The molecule has 0 aliphatic rings. The lowest BCUT2D eigenvalue weighted by Gasteiger charge is -2.11. The third-order valence-electron chi connectivity index (χ3n) is 2.64. The summed E-state index contributed by atoms with van der Waals surface area (Å²) in [5.74, 6) is 0.846. The van der Waals surface area contributed by atoms with Gasteiger partial charge in [0.1, 0.15) is 5.75 Å². The molecule has 1 N–H and O–H groups in total. The summed E-state index contributed by atoms with van der Waals surface area (Å²) in [5.41, 5.74) is 3.07. The Balaban J connectivity index is 2.22. The molecular formula is C14H14ClNO. The molecule has 0 aromatic heterocycles. The minimum atomic E-state index is 0.767. The van der Waals surface area contributed by atoms with Crippen molar-refractivity contribution in [1.29, 1.82) is 0 Å². The van der Waals surface area contributed by atoms with Gasteiger partial charge in [0.05, 0.1) is 7.11 Å². The molecule has 2 rings (SSSR count). The summed E-state index contributed by atoms with van der Waals surface area (Å²) in [6.45, 7) is 1.99. The highest BCUT2D eigenvalue weighted by Crippen LogP contribution is 2.26. The number of nitrogens with one attached hydrogen (secondary N) is 1. The normalized spacial score (nSPS) is 10.1. The zero-order valence-electron chi connectivity index (χ0n) is 9.83. The van der Waals surface area contributed by atoms with Gasteiger partial charge in [0.15, 0.2) is 0 Å². The van der Waals surface area contributed by atoms with Crippen molar-refractivity contribution < 1.29 is 4.74 Å². The molecule has 0 heterocycles. The molecule has 2 aromatic carbocycles. The lowest BCUT2D eigenvalue weighted by atomic mass is 10.2. The van der Waals surface area contributed by atoms with Gasteiger partial charge in [-0.1, -0.05) is 17.7 Å². The fourth-order valence-corrected chi connectivity index (χ4v) is 1.75. The molecule has 0 amide bonds. The van der Waals surface area contributed by atoms with E-state index < -0.39 is 0 Å². The number of ether oxygens (including phenoxy) is 1. The molecule has 0 saturated carbocycles. The van der Waals surface area contributed by atoms with Crippen LogP contribution < -0.4 is 10.1 Å². The molecule has 0 unspecified atom stereocenters. The first-order valence-corrected chi connectivity index (χ1v) is 5.74. The van der Waals surface area contributed by atoms with E-state index >= 15 is 0 Å². The van der Waals surface area contributed by atoms with E-state index in [-0.39, 0.29) is 0 Å². The molecule has 3 heteroatoms. The van der Waals surface area contributed by atoms with Crippen LogP contribution in [0.25, 0.3) is 0 Å². The van der Waals surface area contributed by atoms with Crippen LogP contribution in [0.15, 0.2) is 42.5 Å². The maximum Gasteiger partial charge on any atom is 0.119 e. The van der Waals surface area contributed by atoms with Gasteiger partial charge in [-0.05, 0) is 48.9 Å². The highest BCUT2D eigenvalue weighted by molar-refractivity contribution is 6.31. The number of methoxy groups -OCH3 is 1. The second-order valence-electron chi connectivity index (χ2n) is 3.77. The predicted octanol–water partition coefficient (Wildman–Crippen LogP) is 4.40. The van der Waals surface area contributed by atoms with Crippen LogP contribution in [0.2, 0.25) is 5.02 Å². The average Bonchev–Trinajstić information content (AvgIpc) is 2.36. The molecule has 0 aliphatic heterocycles. The summed E-state index contributed by atoms with van der Waals surface area (Å²) in [7, 11) is 1.66. The Morgan fingerprint density at radius 3 is 2.41 bits per heavy atom. The monoisotopic (exact) mass is 247 g/mol. The minimum Gasteiger partial charge on any atom is -0.497 e. The quantitative estimate of drug-likeness (QED) is 0.868. The topological polar surface area (TPSA) is 21.3 Å². The highest BCUT2D eigenvalue weighted by Gasteiger charge is 2.02. The zero-order valence-corrected chi connectivity index (χ0v) is 10.6. The highest BCUT2D eigenvalue weighted by atomic mass is 35.5. The molecule has 0 radical (unpaired) electrons. The maximum absolute atomic E-state index is 6.07. The first kappa shape index (κ1) is 11.8. The van der Waals surface area contributed by atoms with Gasteiger partial charge in [-0.2, -0.15) is 0 Å². The molecule has 2 aromatic rings. The largest absolute Gasteiger partial charge is 0.497 e. The van der Waals surface area contributed by atoms with Gasteiger partial charge in [-0.3, -0.25) is 0 Å². The maximum atomic E-state index is 6.07. The molecule has 88 valence electrons. The molecule has 0 atom stereocenters. The minimum absolute atomic E-state index is 0.767. The molecule has 0 spiro atoms. The molecule has 17 heavy (non-hydrogen) atoms. The van der Waals surface area contributed by atoms with Crippen molar-refractivity contribution in [2.45, 2.75) is 6.92 Å². The average molecular weight is 248 g/mol.